The fourth-order valence-electron chi connectivity index (χ4n) is 9.09. The molecule has 370 valence electrons. The van der Waals surface area contributed by atoms with Gasteiger partial charge >= 0.3 is 11.9 Å². The van der Waals surface area contributed by atoms with E-state index >= 15 is 0 Å². The van der Waals surface area contributed by atoms with Crippen molar-refractivity contribution in [2.45, 2.75) is 341 Å². The first kappa shape index (κ1) is 60.9. The minimum absolute atomic E-state index is 0.0557. The lowest BCUT2D eigenvalue weighted by Gasteiger charge is -2.15. The molecule has 5 nitrogen and oxygen atoms in total. The Kier molecular flexibility index (Phi) is 53.3. The summed E-state index contributed by atoms with van der Waals surface area (Å²) in [7, 11) is 0. The number of hydrogen-bond acceptors (Lipinski definition) is 5. The average Bonchev–Trinajstić information content (AvgIpc) is 3.28. The first-order valence-electron chi connectivity index (χ1n) is 28.6. The second-order valence-electron chi connectivity index (χ2n) is 19.7. The second kappa shape index (κ2) is 54.2. The van der Waals surface area contributed by atoms with Crippen molar-refractivity contribution in [3.8, 4) is 0 Å². The number of carbonyl (C=O) groups excluding carboxylic acids is 2. The summed E-state index contributed by atoms with van der Waals surface area (Å²) in [6, 6.07) is 0. The Balaban J connectivity index is 3.39. The third-order valence-corrected chi connectivity index (χ3v) is 13.4. The first-order chi connectivity index (χ1) is 30.6. The van der Waals surface area contributed by atoms with Crippen LogP contribution >= 0.6 is 0 Å². The molecule has 0 radical (unpaired) electrons. The Labute approximate surface area is 389 Å². The summed E-state index contributed by atoms with van der Waals surface area (Å²) in [6.45, 7) is 4.21. The first-order valence-corrected chi connectivity index (χ1v) is 28.6. The van der Waals surface area contributed by atoms with Gasteiger partial charge in [0.15, 0.2) is 6.10 Å². The summed E-state index contributed by atoms with van der Waals surface area (Å²) in [4.78, 5) is 24.5. The standard InChI is InChI=1S/C57H112O5/c1-3-5-7-9-11-13-15-17-19-21-23-25-26-27-28-29-30-31-32-34-36-38-40-42-44-46-48-50-52-57(60)62-55(53-58)54-61-56(59)51-49-47-45-43-41-39-37-35-33-24-22-20-18-16-14-12-10-8-6-4-2/h55,58H,3-54H2,1-2H3. The van der Waals surface area contributed by atoms with Gasteiger partial charge in [0, 0.05) is 12.8 Å². The second-order valence-corrected chi connectivity index (χ2v) is 19.7. The van der Waals surface area contributed by atoms with Gasteiger partial charge in [-0.05, 0) is 12.8 Å². The van der Waals surface area contributed by atoms with E-state index in [9.17, 15) is 14.7 Å². The Morgan fingerprint density at radius 1 is 0.306 bits per heavy atom. The molecule has 1 N–H and O–H groups in total. The zero-order chi connectivity index (χ0) is 44.9. The number of esters is 2. The van der Waals surface area contributed by atoms with Crippen molar-refractivity contribution >= 4 is 11.9 Å². The van der Waals surface area contributed by atoms with Gasteiger partial charge in [0.2, 0.25) is 0 Å². The fourth-order valence-corrected chi connectivity index (χ4v) is 9.09. The van der Waals surface area contributed by atoms with E-state index in [1.54, 1.807) is 0 Å². The summed E-state index contributed by atoms with van der Waals surface area (Å²) in [5.41, 5.74) is 0. The van der Waals surface area contributed by atoms with Crippen LogP contribution in [0.2, 0.25) is 0 Å². The smallest absolute Gasteiger partial charge is 0.306 e. The quantitative estimate of drug-likeness (QED) is 0.0487. The minimum atomic E-state index is -0.764. The third kappa shape index (κ3) is 51.5. The number of hydrogen-bond donors (Lipinski definition) is 1. The van der Waals surface area contributed by atoms with Crippen LogP contribution in [0.25, 0.3) is 0 Å². The minimum Gasteiger partial charge on any atom is -0.462 e. The topological polar surface area (TPSA) is 72.8 Å². The maximum Gasteiger partial charge on any atom is 0.306 e. The number of carbonyl (C=O) groups is 2. The average molecular weight is 878 g/mol. The Bertz CT molecular complexity index is 860. The van der Waals surface area contributed by atoms with Crippen LogP contribution in [0.1, 0.15) is 335 Å². The van der Waals surface area contributed by atoms with Crippen LogP contribution < -0.4 is 0 Å². The zero-order valence-corrected chi connectivity index (χ0v) is 42.4. The van der Waals surface area contributed by atoms with Gasteiger partial charge in [-0.15, -0.1) is 0 Å². The van der Waals surface area contributed by atoms with Crippen molar-refractivity contribution in [2.75, 3.05) is 13.2 Å². The molecule has 62 heavy (non-hydrogen) atoms. The van der Waals surface area contributed by atoms with Crippen molar-refractivity contribution < 1.29 is 24.2 Å². The van der Waals surface area contributed by atoms with Crippen LogP contribution in [0.3, 0.4) is 0 Å². The van der Waals surface area contributed by atoms with Gasteiger partial charge in [0.05, 0.1) is 6.61 Å². The molecule has 0 saturated heterocycles. The summed E-state index contributed by atoms with van der Waals surface area (Å²) in [5, 5.41) is 9.65. The molecule has 0 heterocycles. The summed E-state index contributed by atoms with van der Waals surface area (Å²) in [6.07, 6.45) is 65.2. The van der Waals surface area contributed by atoms with E-state index in [0.717, 1.165) is 32.1 Å². The summed E-state index contributed by atoms with van der Waals surface area (Å²) in [5.74, 6) is -0.563. The van der Waals surface area contributed by atoms with Crippen LogP contribution in [0.5, 0.6) is 0 Å². The summed E-state index contributed by atoms with van der Waals surface area (Å²) < 4.78 is 10.7. The monoisotopic (exact) mass is 877 g/mol. The van der Waals surface area contributed by atoms with E-state index in [4.69, 9.17) is 9.47 Å². The Hall–Kier alpha value is -1.10. The summed E-state index contributed by atoms with van der Waals surface area (Å²) >= 11 is 0. The predicted octanol–water partition coefficient (Wildman–Crippen LogP) is 19.0. The van der Waals surface area contributed by atoms with E-state index in [1.165, 1.54) is 276 Å². The SMILES string of the molecule is CCCCCCCCCCCCCCCCCCCCCCCCCCCCCCC(=O)OC(CO)COC(=O)CCCCCCCCCCCCCCCCCCCCCC. The lowest BCUT2D eigenvalue weighted by Crippen LogP contribution is -2.28. The highest BCUT2D eigenvalue weighted by atomic mass is 16.6. The van der Waals surface area contributed by atoms with Crippen molar-refractivity contribution in [3.63, 3.8) is 0 Å². The maximum absolute atomic E-state index is 12.3. The maximum atomic E-state index is 12.3. The molecule has 0 spiro atoms. The molecule has 0 aliphatic carbocycles. The lowest BCUT2D eigenvalue weighted by atomic mass is 10.0. The Morgan fingerprint density at radius 3 is 0.710 bits per heavy atom. The molecule has 5 heteroatoms. The highest BCUT2D eigenvalue weighted by Crippen LogP contribution is 2.18. The van der Waals surface area contributed by atoms with Crippen LogP contribution in [0.15, 0.2) is 0 Å². The van der Waals surface area contributed by atoms with Gasteiger partial charge in [0.1, 0.15) is 6.61 Å². The number of aliphatic hydroxyl groups excluding tert-OH is 1. The van der Waals surface area contributed by atoms with Gasteiger partial charge in [0.25, 0.3) is 0 Å². The molecular formula is C57H112O5. The van der Waals surface area contributed by atoms with Crippen molar-refractivity contribution in [1.29, 1.82) is 0 Å². The molecule has 1 atom stereocenters. The molecule has 0 aliphatic rings. The van der Waals surface area contributed by atoms with Crippen molar-refractivity contribution in [1.82, 2.24) is 0 Å². The van der Waals surface area contributed by atoms with E-state index < -0.39 is 6.10 Å². The molecule has 0 aromatic rings. The molecular weight excluding hydrogens is 765 g/mol. The highest BCUT2D eigenvalue weighted by molar-refractivity contribution is 5.70. The van der Waals surface area contributed by atoms with E-state index in [1.807, 2.05) is 0 Å². The number of unbranched alkanes of at least 4 members (excludes halogenated alkanes) is 46. The van der Waals surface area contributed by atoms with Gasteiger partial charge < -0.3 is 14.6 Å². The van der Waals surface area contributed by atoms with Crippen LogP contribution in [-0.4, -0.2) is 36.4 Å². The normalized spacial score (nSPS) is 12.0. The zero-order valence-electron chi connectivity index (χ0n) is 42.4. The number of ether oxygens (including phenoxy) is 2. The lowest BCUT2D eigenvalue weighted by molar-refractivity contribution is -0.161. The van der Waals surface area contributed by atoms with E-state index in [0.29, 0.717) is 12.8 Å². The molecule has 0 saturated carbocycles. The fraction of sp³-hybridized carbons (Fsp3) is 0.965. The molecule has 0 rings (SSSR count). The molecule has 0 aliphatic heterocycles. The Morgan fingerprint density at radius 2 is 0.500 bits per heavy atom. The third-order valence-electron chi connectivity index (χ3n) is 13.4. The van der Waals surface area contributed by atoms with E-state index in [-0.39, 0.29) is 25.2 Å². The van der Waals surface area contributed by atoms with Crippen molar-refractivity contribution in [2.24, 2.45) is 0 Å². The molecule has 0 bridgehead atoms. The van der Waals surface area contributed by atoms with Gasteiger partial charge in [-0.25, -0.2) is 0 Å². The largest absolute Gasteiger partial charge is 0.462 e. The molecule has 1 unspecified atom stereocenters. The molecule has 0 aromatic carbocycles. The van der Waals surface area contributed by atoms with Crippen LogP contribution in [0, 0.1) is 0 Å². The van der Waals surface area contributed by atoms with Gasteiger partial charge in [-0.1, -0.05) is 309 Å². The highest BCUT2D eigenvalue weighted by Gasteiger charge is 2.16. The van der Waals surface area contributed by atoms with Gasteiger partial charge in [-0.2, -0.15) is 0 Å². The molecule has 0 aromatic heterocycles. The van der Waals surface area contributed by atoms with Gasteiger partial charge in [-0.3, -0.25) is 9.59 Å². The number of rotatable bonds is 54. The van der Waals surface area contributed by atoms with Crippen LogP contribution in [-0.2, 0) is 19.1 Å². The van der Waals surface area contributed by atoms with E-state index in [2.05, 4.69) is 13.8 Å². The predicted molar refractivity (Wildman–Crippen MR) is 270 cm³/mol. The molecule has 0 amide bonds. The van der Waals surface area contributed by atoms with Crippen LogP contribution in [0.4, 0.5) is 0 Å². The molecule has 0 fully saturated rings. The number of aliphatic hydroxyl groups is 1. The van der Waals surface area contributed by atoms with Crippen molar-refractivity contribution in [3.05, 3.63) is 0 Å².